The fourth-order valence-electron chi connectivity index (χ4n) is 3.91. The Labute approximate surface area is 171 Å². The molecular formula is C25H25N3O. The van der Waals surface area contributed by atoms with Crippen LogP contribution in [-0.2, 0) is 11.2 Å². The normalized spacial score (nSPS) is 12.1. The van der Waals surface area contributed by atoms with Crippen molar-refractivity contribution in [1.82, 2.24) is 15.1 Å². The van der Waals surface area contributed by atoms with Crippen molar-refractivity contribution in [2.75, 3.05) is 0 Å². The lowest BCUT2D eigenvalue weighted by Gasteiger charge is -2.17. The van der Waals surface area contributed by atoms with Gasteiger partial charge in [0.1, 0.15) is 0 Å². The van der Waals surface area contributed by atoms with Gasteiger partial charge < -0.3 is 5.32 Å². The number of aryl methyl sites for hydroxylation is 1. The first-order chi connectivity index (χ1) is 14.0. The molecule has 29 heavy (non-hydrogen) atoms. The zero-order valence-corrected chi connectivity index (χ0v) is 17.0. The molecule has 1 unspecified atom stereocenters. The Morgan fingerprint density at radius 1 is 0.966 bits per heavy atom. The summed E-state index contributed by atoms with van der Waals surface area (Å²) in [6, 6.07) is 24.4. The van der Waals surface area contributed by atoms with E-state index in [-0.39, 0.29) is 11.9 Å². The van der Waals surface area contributed by atoms with E-state index >= 15 is 0 Å². The van der Waals surface area contributed by atoms with Crippen molar-refractivity contribution < 1.29 is 4.79 Å². The summed E-state index contributed by atoms with van der Waals surface area (Å²) in [4.78, 5) is 12.8. The van der Waals surface area contributed by atoms with Crippen LogP contribution in [0.2, 0.25) is 0 Å². The Balaban J connectivity index is 1.54. The van der Waals surface area contributed by atoms with Crippen LogP contribution in [0.25, 0.3) is 16.5 Å². The number of amides is 1. The molecule has 4 aromatic rings. The van der Waals surface area contributed by atoms with Gasteiger partial charge in [0.05, 0.1) is 23.8 Å². The molecule has 1 amide bonds. The molecule has 0 spiro atoms. The lowest BCUT2D eigenvalue weighted by molar-refractivity contribution is -0.121. The van der Waals surface area contributed by atoms with Gasteiger partial charge in [-0.15, -0.1) is 0 Å². The van der Waals surface area contributed by atoms with Crippen molar-refractivity contribution in [1.29, 1.82) is 0 Å². The van der Waals surface area contributed by atoms with Crippen LogP contribution in [0.3, 0.4) is 0 Å². The third kappa shape index (κ3) is 3.79. The predicted octanol–water partition coefficient (Wildman–Crippen LogP) is 5.06. The second-order valence-corrected chi connectivity index (χ2v) is 7.43. The summed E-state index contributed by atoms with van der Waals surface area (Å²) in [5.41, 5.74) is 5.01. The third-order valence-electron chi connectivity index (χ3n) is 5.45. The van der Waals surface area contributed by atoms with Crippen molar-refractivity contribution in [2.45, 2.75) is 33.2 Å². The van der Waals surface area contributed by atoms with Crippen molar-refractivity contribution in [2.24, 2.45) is 0 Å². The highest BCUT2D eigenvalue weighted by atomic mass is 16.1. The van der Waals surface area contributed by atoms with E-state index in [2.05, 4.69) is 34.7 Å². The number of nitrogens with one attached hydrogen (secondary N) is 1. The van der Waals surface area contributed by atoms with Gasteiger partial charge >= 0.3 is 0 Å². The van der Waals surface area contributed by atoms with Crippen LogP contribution in [0.15, 0.2) is 72.8 Å². The van der Waals surface area contributed by atoms with Crippen LogP contribution >= 0.6 is 0 Å². The van der Waals surface area contributed by atoms with Gasteiger partial charge in [0.25, 0.3) is 0 Å². The highest BCUT2D eigenvalue weighted by Crippen LogP contribution is 2.24. The Hall–Kier alpha value is -3.40. The topological polar surface area (TPSA) is 46.9 Å². The molecule has 0 radical (unpaired) electrons. The van der Waals surface area contributed by atoms with Crippen LogP contribution in [0.5, 0.6) is 0 Å². The Kier molecular flexibility index (Phi) is 5.17. The fraction of sp³-hybridized carbons (Fsp3) is 0.200. The molecule has 0 aliphatic carbocycles. The summed E-state index contributed by atoms with van der Waals surface area (Å²) < 4.78 is 1.91. The molecule has 1 N–H and O–H groups in total. The number of nitrogens with zero attached hydrogens (tertiary/aromatic N) is 2. The molecule has 1 heterocycles. The lowest BCUT2D eigenvalue weighted by Crippen LogP contribution is -2.28. The van der Waals surface area contributed by atoms with E-state index in [1.54, 1.807) is 0 Å². The van der Waals surface area contributed by atoms with Gasteiger partial charge in [0.2, 0.25) is 5.91 Å². The Morgan fingerprint density at radius 2 is 1.66 bits per heavy atom. The third-order valence-corrected chi connectivity index (χ3v) is 5.45. The molecule has 3 aromatic carbocycles. The first-order valence-electron chi connectivity index (χ1n) is 9.92. The minimum absolute atomic E-state index is 0.00393. The maximum Gasteiger partial charge on any atom is 0.225 e. The van der Waals surface area contributed by atoms with Crippen molar-refractivity contribution >= 4 is 16.7 Å². The SMILES string of the molecule is Cc1nn(-c2ccccc2)c(C)c1CC(=O)NC(C)c1cccc2ccccc12. The number of carbonyl (C=O) groups excluding carboxylic acids is 1. The second-order valence-electron chi connectivity index (χ2n) is 7.43. The largest absolute Gasteiger partial charge is 0.349 e. The van der Waals surface area contributed by atoms with Crippen LogP contribution in [0.4, 0.5) is 0 Å². The maximum absolute atomic E-state index is 12.8. The number of aromatic nitrogens is 2. The van der Waals surface area contributed by atoms with E-state index < -0.39 is 0 Å². The Morgan fingerprint density at radius 3 is 2.45 bits per heavy atom. The molecular weight excluding hydrogens is 358 g/mol. The summed E-state index contributed by atoms with van der Waals surface area (Å²) in [7, 11) is 0. The van der Waals surface area contributed by atoms with Gasteiger partial charge in [-0.2, -0.15) is 5.10 Å². The molecule has 1 atom stereocenters. The smallest absolute Gasteiger partial charge is 0.225 e. The van der Waals surface area contributed by atoms with Gasteiger partial charge in [-0.25, -0.2) is 4.68 Å². The molecule has 4 rings (SSSR count). The lowest BCUT2D eigenvalue weighted by atomic mass is 9.99. The molecule has 0 bridgehead atoms. The van der Waals surface area contributed by atoms with Crippen LogP contribution in [0.1, 0.15) is 35.5 Å². The van der Waals surface area contributed by atoms with E-state index in [9.17, 15) is 4.79 Å². The molecule has 0 saturated heterocycles. The Bertz CT molecular complexity index is 1160. The highest BCUT2D eigenvalue weighted by molar-refractivity contribution is 5.87. The summed E-state index contributed by atoms with van der Waals surface area (Å²) in [6.45, 7) is 6.01. The average Bonchev–Trinajstić information content (AvgIpc) is 3.02. The molecule has 4 nitrogen and oxygen atoms in total. The molecule has 146 valence electrons. The number of benzene rings is 3. The monoisotopic (exact) mass is 383 g/mol. The summed E-state index contributed by atoms with van der Waals surface area (Å²) in [5.74, 6) is 0.00393. The molecule has 0 aliphatic rings. The number of hydrogen-bond acceptors (Lipinski definition) is 2. The van der Waals surface area contributed by atoms with Crippen molar-refractivity contribution in [3.8, 4) is 5.69 Å². The van der Waals surface area contributed by atoms with E-state index in [1.165, 1.54) is 10.8 Å². The average molecular weight is 383 g/mol. The van der Waals surface area contributed by atoms with Gasteiger partial charge in [-0.05, 0) is 49.2 Å². The molecule has 0 aliphatic heterocycles. The molecule has 0 saturated carbocycles. The standard InChI is InChI=1S/C25H25N3O/c1-17(22-15-9-11-20-10-7-8-14-23(20)22)26-25(29)16-24-18(2)27-28(19(24)3)21-12-5-4-6-13-21/h4-15,17H,16H2,1-3H3,(H,26,29). The summed E-state index contributed by atoms with van der Waals surface area (Å²) >= 11 is 0. The van der Waals surface area contributed by atoms with Gasteiger partial charge in [0, 0.05) is 11.3 Å². The molecule has 1 aromatic heterocycles. The zero-order chi connectivity index (χ0) is 20.4. The van der Waals surface area contributed by atoms with Gasteiger partial charge in [-0.3, -0.25) is 4.79 Å². The highest BCUT2D eigenvalue weighted by Gasteiger charge is 2.18. The first kappa shape index (κ1) is 18.9. The van der Waals surface area contributed by atoms with E-state index in [0.29, 0.717) is 6.42 Å². The number of fused-ring (bicyclic) bond motifs is 1. The number of carbonyl (C=O) groups is 1. The van der Waals surface area contributed by atoms with E-state index in [0.717, 1.165) is 28.2 Å². The van der Waals surface area contributed by atoms with Crippen LogP contribution in [0, 0.1) is 13.8 Å². The second kappa shape index (κ2) is 7.92. The van der Waals surface area contributed by atoms with E-state index in [4.69, 9.17) is 0 Å². The quantitative estimate of drug-likeness (QED) is 0.523. The van der Waals surface area contributed by atoms with Crippen LogP contribution < -0.4 is 5.32 Å². The zero-order valence-electron chi connectivity index (χ0n) is 17.0. The number of rotatable bonds is 5. The first-order valence-corrected chi connectivity index (χ1v) is 9.92. The van der Waals surface area contributed by atoms with Crippen LogP contribution in [-0.4, -0.2) is 15.7 Å². The van der Waals surface area contributed by atoms with E-state index in [1.807, 2.05) is 74.0 Å². The summed E-state index contributed by atoms with van der Waals surface area (Å²) in [6.07, 6.45) is 0.319. The molecule has 0 fully saturated rings. The number of hydrogen-bond donors (Lipinski definition) is 1. The maximum atomic E-state index is 12.8. The minimum Gasteiger partial charge on any atom is -0.349 e. The van der Waals surface area contributed by atoms with Gasteiger partial charge in [-0.1, -0.05) is 60.7 Å². The van der Waals surface area contributed by atoms with Crippen molar-refractivity contribution in [3.05, 3.63) is 95.3 Å². The number of para-hydroxylation sites is 1. The fourth-order valence-corrected chi connectivity index (χ4v) is 3.91. The predicted molar refractivity (Wildman–Crippen MR) is 117 cm³/mol. The van der Waals surface area contributed by atoms with Gasteiger partial charge in [0.15, 0.2) is 0 Å². The molecule has 4 heteroatoms. The van der Waals surface area contributed by atoms with Crippen molar-refractivity contribution in [3.63, 3.8) is 0 Å². The minimum atomic E-state index is -0.0709. The summed E-state index contributed by atoms with van der Waals surface area (Å²) in [5, 5.41) is 10.2.